The second-order valence-electron chi connectivity index (χ2n) is 8.74. The van der Waals surface area contributed by atoms with Gasteiger partial charge in [-0.3, -0.25) is 14.4 Å². The highest BCUT2D eigenvalue weighted by molar-refractivity contribution is 5.90. The molecule has 1 saturated heterocycles. The number of nitrogens with one attached hydrogen (secondary N) is 3. The molecule has 1 aliphatic rings. The standard InChI is InChI=1S/C21H37N3O7/c1-7-16(25)24-15(9-13(4)5)19(28)22-10-17(26)23-14(8-12(2)3)18(27)21(11-31-21)20(29)30-6/h12-15,18,27H,7-11H2,1-6H3,(H,22,28)(H,23,26)(H,24,25). The molecule has 1 rings (SSSR count). The normalized spacial score (nSPS) is 20.5. The summed E-state index contributed by atoms with van der Waals surface area (Å²) < 4.78 is 9.89. The van der Waals surface area contributed by atoms with Gasteiger partial charge in [0.1, 0.15) is 12.1 Å². The van der Waals surface area contributed by atoms with E-state index in [2.05, 4.69) is 16.0 Å². The van der Waals surface area contributed by atoms with Crippen LogP contribution in [0.5, 0.6) is 0 Å². The second-order valence-corrected chi connectivity index (χ2v) is 8.74. The van der Waals surface area contributed by atoms with Crippen LogP contribution in [0.15, 0.2) is 0 Å². The zero-order valence-corrected chi connectivity index (χ0v) is 19.3. The molecule has 0 spiro atoms. The van der Waals surface area contributed by atoms with Crippen molar-refractivity contribution in [3.8, 4) is 0 Å². The number of carbonyl (C=O) groups is 4. The molecule has 1 heterocycles. The van der Waals surface area contributed by atoms with Gasteiger partial charge < -0.3 is 30.5 Å². The minimum Gasteiger partial charge on any atom is -0.467 e. The predicted octanol–water partition coefficient (Wildman–Crippen LogP) is -0.123. The van der Waals surface area contributed by atoms with Gasteiger partial charge in [0, 0.05) is 6.42 Å². The lowest BCUT2D eigenvalue weighted by atomic mass is 9.90. The van der Waals surface area contributed by atoms with E-state index in [-0.39, 0.29) is 37.3 Å². The molecule has 4 N–H and O–H groups in total. The smallest absolute Gasteiger partial charge is 0.343 e. The first-order valence-electron chi connectivity index (χ1n) is 10.7. The highest BCUT2D eigenvalue weighted by Crippen LogP contribution is 2.35. The molecular weight excluding hydrogens is 406 g/mol. The average molecular weight is 444 g/mol. The molecule has 0 aromatic rings. The van der Waals surface area contributed by atoms with E-state index >= 15 is 0 Å². The molecule has 0 aromatic heterocycles. The first-order chi connectivity index (χ1) is 14.5. The van der Waals surface area contributed by atoms with Crippen molar-refractivity contribution in [2.75, 3.05) is 20.3 Å². The number of aliphatic hydroxyl groups is 1. The van der Waals surface area contributed by atoms with Gasteiger partial charge in [-0.1, -0.05) is 34.6 Å². The van der Waals surface area contributed by atoms with E-state index in [9.17, 15) is 24.3 Å². The van der Waals surface area contributed by atoms with Gasteiger partial charge in [0.25, 0.3) is 0 Å². The van der Waals surface area contributed by atoms with Crippen LogP contribution < -0.4 is 16.0 Å². The molecule has 3 amide bonds. The number of ether oxygens (including phenoxy) is 2. The van der Waals surface area contributed by atoms with Crippen molar-refractivity contribution in [2.45, 2.75) is 77.7 Å². The molecule has 10 nitrogen and oxygen atoms in total. The van der Waals surface area contributed by atoms with E-state index in [0.29, 0.717) is 12.8 Å². The van der Waals surface area contributed by atoms with Gasteiger partial charge in [0.15, 0.2) is 0 Å². The molecule has 31 heavy (non-hydrogen) atoms. The summed E-state index contributed by atoms with van der Waals surface area (Å²) in [6.45, 7) is 9.06. The Labute approximate surface area is 183 Å². The highest BCUT2D eigenvalue weighted by Gasteiger charge is 2.61. The summed E-state index contributed by atoms with van der Waals surface area (Å²) >= 11 is 0. The van der Waals surface area contributed by atoms with E-state index in [4.69, 9.17) is 9.47 Å². The third-order valence-electron chi connectivity index (χ3n) is 5.02. The Morgan fingerprint density at radius 3 is 2.06 bits per heavy atom. The Balaban J connectivity index is 2.73. The fraction of sp³-hybridized carbons (Fsp3) is 0.810. The topological polar surface area (TPSA) is 146 Å². The van der Waals surface area contributed by atoms with Crippen molar-refractivity contribution < 1.29 is 33.8 Å². The largest absolute Gasteiger partial charge is 0.467 e. The van der Waals surface area contributed by atoms with Crippen molar-refractivity contribution in [2.24, 2.45) is 11.8 Å². The van der Waals surface area contributed by atoms with Crippen molar-refractivity contribution in [1.29, 1.82) is 0 Å². The van der Waals surface area contributed by atoms with Gasteiger partial charge in [0.05, 0.1) is 26.3 Å². The van der Waals surface area contributed by atoms with E-state index in [1.165, 1.54) is 7.11 Å². The summed E-state index contributed by atoms with van der Waals surface area (Å²) in [6.07, 6.45) is -0.209. The quantitative estimate of drug-likeness (QED) is 0.229. The highest BCUT2D eigenvalue weighted by atomic mass is 16.7. The van der Waals surface area contributed by atoms with Crippen molar-refractivity contribution in [3.05, 3.63) is 0 Å². The predicted molar refractivity (Wildman–Crippen MR) is 113 cm³/mol. The van der Waals surface area contributed by atoms with Crippen LogP contribution in [0, 0.1) is 11.8 Å². The van der Waals surface area contributed by atoms with E-state index in [0.717, 1.165) is 0 Å². The average Bonchev–Trinajstić information content (AvgIpc) is 3.51. The zero-order chi connectivity index (χ0) is 23.8. The molecule has 0 radical (unpaired) electrons. The monoisotopic (exact) mass is 443 g/mol. The van der Waals surface area contributed by atoms with Gasteiger partial charge in [-0.25, -0.2) is 4.79 Å². The lowest BCUT2D eigenvalue weighted by Crippen LogP contribution is -2.56. The number of aliphatic hydroxyl groups excluding tert-OH is 1. The molecule has 1 aliphatic heterocycles. The van der Waals surface area contributed by atoms with E-state index in [1.54, 1.807) is 6.92 Å². The summed E-state index contributed by atoms with van der Waals surface area (Å²) in [7, 11) is 1.20. The molecule has 0 aromatic carbocycles. The second kappa shape index (κ2) is 12.0. The van der Waals surface area contributed by atoms with Crippen LogP contribution >= 0.6 is 0 Å². The third-order valence-corrected chi connectivity index (χ3v) is 5.02. The van der Waals surface area contributed by atoms with Crippen LogP contribution in [0.2, 0.25) is 0 Å². The van der Waals surface area contributed by atoms with E-state index < -0.39 is 41.6 Å². The maximum Gasteiger partial charge on any atom is 0.343 e. The molecule has 0 aliphatic carbocycles. The third kappa shape index (κ3) is 8.10. The zero-order valence-electron chi connectivity index (χ0n) is 19.3. The van der Waals surface area contributed by atoms with Crippen LogP contribution in [0.1, 0.15) is 53.9 Å². The summed E-state index contributed by atoms with van der Waals surface area (Å²) in [5, 5.41) is 18.6. The molecule has 10 heteroatoms. The van der Waals surface area contributed by atoms with Crippen LogP contribution in [0.3, 0.4) is 0 Å². The number of rotatable bonds is 13. The first-order valence-corrected chi connectivity index (χ1v) is 10.7. The minimum absolute atomic E-state index is 0.00997. The number of amides is 3. The van der Waals surface area contributed by atoms with Gasteiger partial charge in [0.2, 0.25) is 23.3 Å². The number of hydrogen-bond acceptors (Lipinski definition) is 7. The Morgan fingerprint density at radius 2 is 1.61 bits per heavy atom. The molecule has 1 fully saturated rings. The fourth-order valence-electron chi connectivity index (χ4n) is 3.31. The molecular formula is C21H37N3O7. The molecule has 0 saturated carbocycles. The van der Waals surface area contributed by atoms with Gasteiger partial charge in [-0.15, -0.1) is 0 Å². The van der Waals surface area contributed by atoms with Crippen molar-refractivity contribution in [1.82, 2.24) is 16.0 Å². The maximum absolute atomic E-state index is 12.5. The van der Waals surface area contributed by atoms with Crippen molar-refractivity contribution in [3.63, 3.8) is 0 Å². The van der Waals surface area contributed by atoms with Crippen LogP contribution in [-0.4, -0.2) is 72.8 Å². The Morgan fingerprint density at radius 1 is 1.03 bits per heavy atom. The van der Waals surface area contributed by atoms with Crippen molar-refractivity contribution >= 4 is 23.7 Å². The van der Waals surface area contributed by atoms with Crippen LogP contribution in [0.25, 0.3) is 0 Å². The number of hydrogen-bond donors (Lipinski definition) is 4. The lowest BCUT2D eigenvalue weighted by molar-refractivity contribution is -0.153. The number of epoxide rings is 1. The van der Waals surface area contributed by atoms with Gasteiger partial charge >= 0.3 is 5.97 Å². The van der Waals surface area contributed by atoms with Gasteiger partial charge in [-0.2, -0.15) is 0 Å². The Hall–Kier alpha value is -2.20. The Kier molecular flexibility index (Phi) is 10.4. The summed E-state index contributed by atoms with van der Waals surface area (Å²) in [4.78, 5) is 48.7. The first kappa shape index (κ1) is 26.8. The molecule has 4 atom stereocenters. The molecule has 4 unspecified atom stereocenters. The summed E-state index contributed by atoms with van der Waals surface area (Å²) in [6, 6.07) is -1.50. The summed E-state index contributed by atoms with van der Waals surface area (Å²) in [5.41, 5.74) is -1.47. The van der Waals surface area contributed by atoms with Crippen LogP contribution in [-0.2, 0) is 28.7 Å². The number of esters is 1. The maximum atomic E-state index is 12.5. The SMILES string of the molecule is CCC(=O)NC(CC(C)C)C(=O)NCC(=O)NC(CC(C)C)C(O)C1(C(=O)OC)CO1. The number of methoxy groups -OCH3 is 1. The molecule has 0 bridgehead atoms. The Bertz CT molecular complexity index is 647. The summed E-state index contributed by atoms with van der Waals surface area (Å²) in [5.74, 6) is -1.64. The minimum atomic E-state index is -1.47. The van der Waals surface area contributed by atoms with Crippen LogP contribution in [0.4, 0.5) is 0 Å². The van der Waals surface area contributed by atoms with Gasteiger partial charge in [-0.05, 0) is 24.7 Å². The number of carbonyl (C=O) groups excluding carboxylic acids is 4. The molecule has 178 valence electrons. The lowest BCUT2D eigenvalue weighted by Gasteiger charge is -2.28. The fourth-order valence-corrected chi connectivity index (χ4v) is 3.31. The van der Waals surface area contributed by atoms with E-state index in [1.807, 2.05) is 27.7 Å².